The Morgan fingerprint density at radius 2 is 2.00 bits per heavy atom. The second-order valence-electron chi connectivity index (χ2n) is 2.33. The summed E-state index contributed by atoms with van der Waals surface area (Å²) in [5.74, 6) is -0.196. The lowest BCUT2D eigenvalue weighted by atomic mass is 10.4. The zero-order valence-electron chi connectivity index (χ0n) is 6.20. The first-order valence-corrected chi connectivity index (χ1v) is 4.10. The van der Waals surface area contributed by atoms with E-state index in [1.807, 2.05) is 0 Å². The third-order valence-corrected chi connectivity index (χ3v) is 1.91. The van der Waals surface area contributed by atoms with Crippen molar-refractivity contribution in [2.75, 3.05) is 0 Å². The van der Waals surface area contributed by atoms with Crippen LogP contribution in [-0.4, -0.2) is 20.1 Å². The molecule has 0 atom stereocenters. The lowest BCUT2D eigenvalue weighted by Crippen LogP contribution is -1.88. The maximum Gasteiger partial charge on any atom is 0.230 e. The number of aromatic nitrogens is 3. The number of halogens is 2. The van der Waals surface area contributed by atoms with Crippen molar-refractivity contribution in [2.24, 2.45) is 0 Å². The van der Waals surface area contributed by atoms with Crippen LogP contribution in [0.4, 0.5) is 0 Å². The molecule has 2 heterocycles. The molecular weight excluding hydrogens is 213 g/mol. The van der Waals surface area contributed by atoms with Gasteiger partial charge in [-0.2, -0.15) is 0 Å². The summed E-state index contributed by atoms with van der Waals surface area (Å²) in [5.41, 5.74) is 0.654. The predicted octanol–water partition coefficient (Wildman–Crippen LogP) is 2.04. The van der Waals surface area contributed by atoms with Gasteiger partial charge in [-0.3, -0.25) is 0 Å². The van der Waals surface area contributed by atoms with Gasteiger partial charge in [0.25, 0.3) is 0 Å². The molecule has 6 heteroatoms. The summed E-state index contributed by atoms with van der Waals surface area (Å²) >= 11 is 11.4. The van der Waals surface area contributed by atoms with Crippen molar-refractivity contribution in [3.05, 3.63) is 22.4 Å². The molecule has 0 aliphatic carbocycles. The normalized spacial score (nSPS) is 10.6. The van der Waals surface area contributed by atoms with Crippen molar-refractivity contribution in [3.8, 4) is 5.88 Å². The van der Waals surface area contributed by atoms with Crippen molar-refractivity contribution in [1.82, 2.24) is 15.0 Å². The molecule has 0 amide bonds. The predicted molar refractivity (Wildman–Crippen MR) is 49.0 cm³/mol. The van der Waals surface area contributed by atoms with Crippen LogP contribution in [-0.2, 0) is 0 Å². The minimum atomic E-state index is -0.196. The molecule has 2 aromatic rings. The van der Waals surface area contributed by atoms with E-state index in [9.17, 15) is 0 Å². The van der Waals surface area contributed by atoms with E-state index in [4.69, 9.17) is 28.3 Å². The minimum absolute atomic E-state index is 0.196. The standard InChI is InChI=1S/C7H3Cl2N3O/c8-3-1-4(9)11-7-6(3)12-5(13)2-10-7/h1-2H,(H,12,13). The molecule has 0 fully saturated rings. The molecule has 2 rings (SSSR count). The third-order valence-electron chi connectivity index (χ3n) is 1.43. The van der Waals surface area contributed by atoms with Crippen LogP contribution in [0.25, 0.3) is 11.2 Å². The van der Waals surface area contributed by atoms with Gasteiger partial charge in [0.1, 0.15) is 10.7 Å². The fraction of sp³-hybridized carbons (Fsp3) is 0. The van der Waals surface area contributed by atoms with Crippen LogP contribution in [0.15, 0.2) is 12.3 Å². The number of aromatic hydroxyl groups is 1. The molecule has 1 N–H and O–H groups in total. The highest BCUT2D eigenvalue weighted by Crippen LogP contribution is 2.23. The molecule has 0 saturated heterocycles. The third kappa shape index (κ3) is 1.50. The number of pyridine rings is 1. The second kappa shape index (κ2) is 2.97. The number of nitrogens with zero attached hydrogens (tertiary/aromatic N) is 3. The fourth-order valence-electron chi connectivity index (χ4n) is 0.922. The van der Waals surface area contributed by atoms with E-state index in [-0.39, 0.29) is 11.0 Å². The molecule has 0 aromatic carbocycles. The first kappa shape index (κ1) is 8.47. The molecule has 0 spiro atoms. The Hall–Kier alpha value is -1.13. The number of hydrogen-bond acceptors (Lipinski definition) is 4. The first-order valence-electron chi connectivity index (χ1n) is 3.34. The van der Waals surface area contributed by atoms with Crippen molar-refractivity contribution in [2.45, 2.75) is 0 Å². The Kier molecular flexibility index (Phi) is 1.94. The van der Waals surface area contributed by atoms with Gasteiger partial charge in [0.15, 0.2) is 5.65 Å². The maximum atomic E-state index is 9.03. The van der Waals surface area contributed by atoms with Crippen molar-refractivity contribution >= 4 is 34.4 Å². The summed E-state index contributed by atoms with van der Waals surface area (Å²) in [5, 5.41) is 9.60. The van der Waals surface area contributed by atoms with Gasteiger partial charge in [0.2, 0.25) is 5.88 Å². The summed E-state index contributed by atoms with van der Waals surface area (Å²) < 4.78 is 0. The van der Waals surface area contributed by atoms with Gasteiger partial charge < -0.3 is 5.11 Å². The average molecular weight is 216 g/mol. The largest absolute Gasteiger partial charge is 0.492 e. The van der Waals surface area contributed by atoms with Gasteiger partial charge in [-0.15, -0.1) is 0 Å². The first-order chi connectivity index (χ1) is 6.16. The van der Waals surface area contributed by atoms with E-state index in [0.717, 1.165) is 0 Å². The molecule has 0 radical (unpaired) electrons. The van der Waals surface area contributed by atoms with E-state index in [0.29, 0.717) is 16.2 Å². The Morgan fingerprint density at radius 1 is 1.23 bits per heavy atom. The van der Waals surface area contributed by atoms with Crippen LogP contribution in [0.1, 0.15) is 0 Å². The van der Waals surface area contributed by atoms with Crippen LogP contribution >= 0.6 is 23.2 Å². The van der Waals surface area contributed by atoms with Gasteiger partial charge >= 0.3 is 0 Å². The van der Waals surface area contributed by atoms with E-state index >= 15 is 0 Å². The van der Waals surface area contributed by atoms with Gasteiger partial charge in [-0.05, 0) is 6.07 Å². The van der Waals surface area contributed by atoms with Crippen molar-refractivity contribution < 1.29 is 5.11 Å². The quantitative estimate of drug-likeness (QED) is 0.684. The van der Waals surface area contributed by atoms with Gasteiger partial charge in [-0.25, -0.2) is 15.0 Å². The number of hydrogen-bond donors (Lipinski definition) is 1. The van der Waals surface area contributed by atoms with Gasteiger partial charge in [0.05, 0.1) is 11.2 Å². The highest BCUT2D eigenvalue weighted by molar-refractivity contribution is 6.37. The summed E-state index contributed by atoms with van der Waals surface area (Å²) in [6.45, 7) is 0. The highest BCUT2D eigenvalue weighted by atomic mass is 35.5. The topological polar surface area (TPSA) is 58.9 Å². The minimum Gasteiger partial charge on any atom is -0.492 e. The van der Waals surface area contributed by atoms with Crippen LogP contribution in [0.3, 0.4) is 0 Å². The van der Waals surface area contributed by atoms with Crippen molar-refractivity contribution in [3.63, 3.8) is 0 Å². The summed E-state index contributed by atoms with van der Waals surface area (Å²) in [6, 6.07) is 1.44. The Bertz CT molecular complexity index is 474. The zero-order valence-corrected chi connectivity index (χ0v) is 7.71. The van der Waals surface area contributed by atoms with E-state index in [1.54, 1.807) is 0 Å². The molecule has 0 aliphatic rings. The van der Waals surface area contributed by atoms with E-state index < -0.39 is 0 Å². The second-order valence-corrected chi connectivity index (χ2v) is 3.12. The van der Waals surface area contributed by atoms with E-state index in [1.165, 1.54) is 12.3 Å². The number of rotatable bonds is 0. The molecule has 0 aliphatic heterocycles. The average Bonchev–Trinajstić information content (AvgIpc) is 2.06. The lowest BCUT2D eigenvalue weighted by molar-refractivity contribution is 0.453. The Labute approximate surface area is 83.2 Å². The molecular formula is C7H3Cl2N3O. The summed E-state index contributed by atoms with van der Waals surface area (Å²) in [7, 11) is 0. The lowest BCUT2D eigenvalue weighted by Gasteiger charge is -1.98. The molecule has 0 bridgehead atoms. The smallest absolute Gasteiger partial charge is 0.230 e. The molecule has 0 saturated carbocycles. The molecule has 2 aromatic heterocycles. The van der Waals surface area contributed by atoms with Gasteiger partial charge in [0, 0.05) is 0 Å². The molecule has 13 heavy (non-hydrogen) atoms. The Balaban J connectivity index is 2.87. The monoisotopic (exact) mass is 215 g/mol. The van der Waals surface area contributed by atoms with E-state index in [2.05, 4.69) is 15.0 Å². The fourth-order valence-corrected chi connectivity index (χ4v) is 1.40. The zero-order chi connectivity index (χ0) is 9.42. The molecule has 66 valence electrons. The van der Waals surface area contributed by atoms with Crippen LogP contribution < -0.4 is 0 Å². The summed E-state index contributed by atoms with van der Waals surface area (Å²) in [6.07, 6.45) is 1.18. The Morgan fingerprint density at radius 3 is 2.77 bits per heavy atom. The highest BCUT2D eigenvalue weighted by Gasteiger charge is 2.05. The summed E-state index contributed by atoms with van der Waals surface area (Å²) in [4.78, 5) is 11.4. The SMILES string of the molecule is Oc1cnc2nc(Cl)cc(Cl)c2n1. The van der Waals surface area contributed by atoms with Crippen molar-refractivity contribution in [1.29, 1.82) is 0 Å². The molecule has 4 nitrogen and oxygen atoms in total. The number of fused-ring (bicyclic) bond motifs is 1. The van der Waals surface area contributed by atoms with Gasteiger partial charge in [-0.1, -0.05) is 23.2 Å². The van der Waals surface area contributed by atoms with Crippen LogP contribution in [0.2, 0.25) is 10.2 Å². The van der Waals surface area contributed by atoms with Crippen LogP contribution in [0, 0.1) is 0 Å². The van der Waals surface area contributed by atoms with Crippen LogP contribution in [0.5, 0.6) is 5.88 Å². The maximum absolute atomic E-state index is 9.03. The molecule has 0 unspecified atom stereocenters.